The molecule has 2 aromatic carbocycles. The summed E-state index contributed by atoms with van der Waals surface area (Å²) >= 11 is 6.02. The molecule has 0 aromatic heterocycles. The molecule has 3 rings (SSSR count). The third kappa shape index (κ3) is 7.25. The van der Waals surface area contributed by atoms with Crippen LogP contribution in [-0.2, 0) is 10.0 Å². The molecule has 11 heteroatoms. The molecule has 0 unspecified atom stereocenters. The standard InChI is InChI=1S/C21H23ClF2N4O3S/c1-32(30,31)28-16-8-6-15(7-9-16)25-21(26-17-4-2-3-14(22)12-17)27-20(29)13-5-10-18(23)19(24)11-13/h2-5,10-12,15-16,28H,6-9H2,1H3,(H2,25,26,27,29)/t15-,16-. The lowest BCUT2D eigenvalue weighted by atomic mass is 9.92. The molecule has 7 nitrogen and oxygen atoms in total. The number of aliphatic imine (C=N–C) groups is 1. The van der Waals surface area contributed by atoms with Crippen LogP contribution in [0.2, 0.25) is 5.02 Å². The largest absolute Gasteiger partial charge is 0.353 e. The average molecular weight is 485 g/mol. The van der Waals surface area contributed by atoms with Crippen LogP contribution in [-0.4, -0.2) is 38.6 Å². The van der Waals surface area contributed by atoms with Crippen molar-refractivity contribution in [2.45, 2.75) is 37.8 Å². The van der Waals surface area contributed by atoms with Crippen molar-refractivity contribution in [3.05, 3.63) is 64.7 Å². The topological polar surface area (TPSA) is 99.7 Å². The van der Waals surface area contributed by atoms with Crippen LogP contribution in [0, 0.1) is 11.6 Å². The predicted octanol–water partition coefficient (Wildman–Crippen LogP) is 3.68. The fourth-order valence-electron chi connectivity index (χ4n) is 3.45. The maximum atomic E-state index is 13.5. The van der Waals surface area contributed by atoms with Gasteiger partial charge in [-0.05, 0) is 62.1 Å². The molecule has 3 N–H and O–H groups in total. The summed E-state index contributed by atoms with van der Waals surface area (Å²) in [5.74, 6) is -2.82. The molecule has 32 heavy (non-hydrogen) atoms. The molecule has 1 aliphatic rings. The number of halogens is 3. The second-order valence-corrected chi connectivity index (χ2v) is 9.83. The Bertz CT molecular complexity index is 1120. The van der Waals surface area contributed by atoms with Crippen LogP contribution >= 0.6 is 11.6 Å². The fraction of sp³-hybridized carbons (Fsp3) is 0.333. The minimum Gasteiger partial charge on any atom is -0.353 e. The van der Waals surface area contributed by atoms with E-state index in [0.717, 1.165) is 24.5 Å². The number of anilines is 1. The molecule has 0 radical (unpaired) electrons. The normalized spacial score (nSPS) is 19.4. The zero-order valence-corrected chi connectivity index (χ0v) is 18.8. The number of carbonyl (C=O) groups is 1. The molecule has 1 amide bonds. The Morgan fingerprint density at radius 3 is 2.34 bits per heavy atom. The number of hydrogen-bond acceptors (Lipinski definition) is 3. The molecule has 1 saturated carbocycles. The Labute approximate surface area is 190 Å². The third-order valence-electron chi connectivity index (χ3n) is 4.92. The Kier molecular flexibility index (Phi) is 7.81. The van der Waals surface area contributed by atoms with Gasteiger partial charge in [0, 0.05) is 28.4 Å². The quantitative estimate of drug-likeness (QED) is 0.444. The van der Waals surface area contributed by atoms with Gasteiger partial charge >= 0.3 is 0 Å². The fourth-order valence-corrected chi connectivity index (χ4v) is 4.48. The smallest absolute Gasteiger partial charge is 0.280 e. The van der Waals surface area contributed by atoms with Crippen LogP contribution in [0.3, 0.4) is 0 Å². The van der Waals surface area contributed by atoms with E-state index in [9.17, 15) is 22.0 Å². The highest BCUT2D eigenvalue weighted by atomic mass is 35.5. The van der Waals surface area contributed by atoms with Crippen molar-refractivity contribution in [1.82, 2.24) is 10.0 Å². The van der Waals surface area contributed by atoms with E-state index in [1.54, 1.807) is 24.3 Å². The molecule has 1 aliphatic carbocycles. The maximum absolute atomic E-state index is 13.5. The van der Waals surface area contributed by atoms with Gasteiger partial charge in [0.15, 0.2) is 11.6 Å². The van der Waals surface area contributed by atoms with Crippen molar-refractivity contribution in [1.29, 1.82) is 0 Å². The SMILES string of the molecule is CS(=O)(=O)N[C@H]1CC[C@H](N/C(=N/C(=O)c2ccc(F)c(F)c2)Nc2cccc(Cl)c2)CC1. The molecule has 1 fully saturated rings. The van der Waals surface area contributed by atoms with Crippen LogP contribution < -0.4 is 15.4 Å². The van der Waals surface area contributed by atoms with Crippen LogP contribution in [0.5, 0.6) is 0 Å². The molecule has 0 atom stereocenters. The van der Waals surface area contributed by atoms with Gasteiger partial charge in [0.1, 0.15) is 0 Å². The van der Waals surface area contributed by atoms with Crippen molar-refractivity contribution in [3.8, 4) is 0 Å². The molecule has 0 heterocycles. The van der Waals surface area contributed by atoms with Crippen molar-refractivity contribution in [2.75, 3.05) is 11.6 Å². The van der Waals surface area contributed by atoms with Crippen molar-refractivity contribution < 1.29 is 22.0 Å². The third-order valence-corrected chi connectivity index (χ3v) is 5.91. The number of nitrogens with zero attached hydrogens (tertiary/aromatic N) is 1. The van der Waals surface area contributed by atoms with Gasteiger partial charge in [0.05, 0.1) is 6.26 Å². The lowest BCUT2D eigenvalue weighted by Crippen LogP contribution is -2.45. The molecule has 0 saturated heterocycles. The number of carbonyl (C=O) groups excluding carboxylic acids is 1. The van der Waals surface area contributed by atoms with Crippen molar-refractivity contribution in [3.63, 3.8) is 0 Å². The number of guanidine groups is 1. The Balaban J connectivity index is 1.76. The molecule has 0 bridgehead atoms. The van der Waals surface area contributed by atoms with Crippen molar-refractivity contribution >= 4 is 39.2 Å². The Hall–Kier alpha value is -2.56. The maximum Gasteiger partial charge on any atom is 0.280 e. The van der Waals surface area contributed by atoms with E-state index in [1.807, 2.05) is 0 Å². The monoisotopic (exact) mass is 484 g/mol. The van der Waals surface area contributed by atoms with Gasteiger partial charge in [-0.2, -0.15) is 4.99 Å². The molecule has 2 aromatic rings. The molecule has 0 spiro atoms. The summed E-state index contributed by atoms with van der Waals surface area (Å²) in [5, 5.41) is 6.64. The lowest BCUT2D eigenvalue weighted by molar-refractivity contribution is 0.100. The van der Waals surface area contributed by atoms with Crippen LogP contribution in [0.15, 0.2) is 47.5 Å². The molecule has 172 valence electrons. The van der Waals surface area contributed by atoms with Gasteiger partial charge in [-0.1, -0.05) is 17.7 Å². The second-order valence-electron chi connectivity index (χ2n) is 7.61. The summed E-state index contributed by atoms with van der Waals surface area (Å²) in [4.78, 5) is 16.6. The summed E-state index contributed by atoms with van der Waals surface area (Å²) < 4.78 is 52.2. The highest BCUT2D eigenvalue weighted by Crippen LogP contribution is 2.20. The van der Waals surface area contributed by atoms with Gasteiger partial charge in [0.2, 0.25) is 16.0 Å². The van der Waals surface area contributed by atoms with Gasteiger partial charge in [-0.25, -0.2) is 21.9 Å². The first-order valence-electron chi connectivity index (χ1n) is 9.93. The minimum absolute atomic E-state index is 0.0733. The van der Waals surface area contributed by atoms with Gasteiger partial charge in [0.25, 0.3) is 5.91 Å². The highest BCUT2D eigenvalue weighted by molar-refractivity contribution is 7.88. The Morgan fingerprint density at radius 2 is 1.72 bits per heavy atom. The summed E-state index contributed by atoms with van der Waals surface area (Å²) in [5.41, 5.74) is 0.478. The van der Waals surface area contributed by atoms with Crippen LogP contribution in [0.4, 0.5) is 14.5 Å². The van der Waals surface area contributed by atoms with E-state index in [1.165, 1.54) is 0 Å². The van der Waals surface area contributed by atoms with E-state index in [2.05, 4.69) is 20.3 Å². The highest BCUT2D eigenvalue weighted by Gasteiger charge is 2.24. The zero-order chi connectivity index (χ0) is 23.3. The van der Waals surface area contributed by atoms with Gasteiger partial charge in [-0.15, -0.1) is 0 Å². The molecular weight excluding hydrogens is 462 g/mol. The summed E-state index contributed by atoms with van der Waals surface area (Å²) in [7, 11) is -3.28. The van der Waals surface area contributed by atoms with Gasteiger partial charge < -0.3 is 10.6 Å². The number of amides is 1. The number of nitrogens with one attached hydrogen (secondary N) is 3. The van der Waals surface area contributed by atoms with E-state index < -0.39 is 27.6 Å². The second kappa shape index (κ2) is 10.4. The first-order valence-corrected chi connectivity index (χ1v) is 12.2. The zero-order valence-electron chi connectivity index (χ0n) is 17.2. The minimum atomic E-state index is -3.28. The number of sulfonamides is 1. The van der Waals surface area contributed by atoms with E-state index in [4.69, 9.17) is 11.6 Å². The lowest BCUT2D eigenvalue weighted by Gasteiger charge is -2.30. The molecular formula is C21H23ClF2N4O3S. The number of hydrogen-bond donors (Lipinski definition) is 3. The first kappa shape index (κ1) is 24.1. The van der Waals surface area contributed by atoms with E-state index in [-0.39, 0.29) is 23.6 Å². The van der Waals surface area contributed by atoms with E-state index in [0.29, 0.717) is 36.4 Å². The first-order chi connectivity index (χ1) is 15.1. The number of rotatable bonds is 5. The van der Waals surface area contributed by atoms with E-state index >= 15 is 0 Å². The summed E-state index contributed by atoms with van der Waals surface area (Å²) in [6.07, 6.45) is 3.64. The van der Waals surface area contributed by atoms with Gasteiger partial charge in [-0.3, -0.25) is 4.79 Å². The van der Waals surface area contributed by atoms with Crippen LogP contribution in [0.25, 0.3) is 0 Å². The molecule has 0 aliphatic heterocycles. The summed E-state index contributed by atoms with van der Waals surface area (Å²) in [6, 6.07) is 9.39. The predicted molar refractivity (Wildman–Crippen MR) is 120 cm³/mol. The van der Waals surface area contributed by atoms with Crippen LogP contribution in [0.1, 0.15) is 36.0 Å². The summed E-state index contributed by atoms with van der Waals surface area (Å²) in [6.45, 7) is 0. The number of benzene rings is 2. The average Bonchev–Trinajstić information content (AvgIpc) is 2.70. The Morgan fingerprint density at radius 1 is 1.03 bits per heavy atom. The van der Waals surface area contributed by atoms with Crippen molar-refractivity contribution in [2.24, 2.45) is 4.99 Å².